The molecular formula is C25H24FN5O2. The number of benzene rings is 2. The number of H-pyrrole nitrogens is 1. The SMILES string of the molecule is Cc1[nH]nc2nc(-c3ccc(O)cc3)cc(C3OC3N3CCNCC3c3ccc(F)cc3)c12. The third kappa shape index (κ3) is 3.66. The molecule has 0 spiro atoms. The second-order valence-electron chi connectivity index (χ2n) is 8.65. The van der Waals surface area contributed by atoms with Gasteiger partial charge in [-0.1, -0.05) is 12.1 Å². The van der Waals surface area contributed by atoms with Crippen molar-refractivity contribution in [3.05, 3.63) is 77.2 Å². The summed E-state index contributed by atoms with van der Waals surface area (Å²) in [6.45, 7) is 4.49. The molecule has 3 unspecified atom stereocenters. The third-order valence-corrected chi connectivity index (χ3v) is 6.54. The molecule has 2 aromatic heterocycles. The van der Waals surface area contributed by atoms with Crippen molar-refractivity contribution in [2.45, 2.75) is 25.3 Å². The highest BCUT2D eigenvalue weighted by Gasteiger charge is 2.49. The first-order valence-corrected chi connectivity index (χ1v) is 11.1. The van der Waals surface area contributed by atoms with Gasteiger partial charge in [0.15, 0.2) is 5.65 Å². The van der Waals surface area contributed by atoms with Crippen molar-refractivity contribution in [3.8, 4) is 17.0 Å². The molecule has 3 atom stereocenters. The molecule has 2 aromatic carbocycles. The van der Waals surface area contributed by atoms with Gasteiger partial charge in [0.05, 0.1) is 5.69 Å². The van der Waals surface area contributed by atoms with E-state index in [2.05, 4.69) is 26.5 Å². The largest absolute Gasteiger partial charge is 0.508 e. The quantitative estimate of drug-likeness (QED) is 0.414. The number of rotatable bonds is 4. The highest BCUT2D eigenvalue weighted by molar-refractivity contribution is 5.85. The number of nitrogens with one attached hydrogen (secondary N) is 2. The lowest BCUT2D eigenvalue weighted by atomic mass is 10.00. The first-order chi connectivity index (χ1) is 16.1. The first kappa shape index (κ1) is 20.3. The maximum absolute atomic E-state index is 13.5. The van der Waals surface area contributed by atoms with Crippen molar-refractivity contribution in [1.82, 2.24) is 25.4 Å². The Morgan fingerprint density at radius 1 is 1.12 bits per heavy atom. The number of phenols is 1. The Bertz CT molecular complexity index is 1310. The molecule has 6 rings (SSSR count). The van der Waals surface area contributed by atoms with Crippen LogP contribution in [0.25, 0.3) is 22.3 Å². The van der Waals surface area contributed by atoms with Gasteiger partial charge >= 0.3 is 0 Å². The molecule has 0 bridgehead atoms. The summed E-state index contributed by atoms with van der Waals surface area (Å²) in [5.41, 5.74) is 5.42. The molecule has 4 heterocycles. The molecule has 33 heavy (non-hydrogen) atoms. The second-order valence-corrected chi connectivity index (χ2v) is 8.65. The zero-order valence-corrected chi connectivity index (χ0v) is 18.1. The monoisotopic (exact) mass is 445 g/mol. The van der Waals surface area contributed by atoms with Crippen LogP contribution in [0.5, 0.6) is 5.75 Å². The third-order valence-electron chi connectivity index (χ3n) is 6.54. The van der Waals surface area contributed by atoms with Gasteiger partial charge in [-0.3, -0.25) is 10.00 Å². The lowest BCUT2D eigenvalue weighted by molar-refractivity contribution is 0.0986. The van der Waals surface area contributed by atoms with Gasteiger partial charge < -0.3 is 15.2 Å². The highest BCUT2D eigenvalue weighted by Crippen LogP contribution is 2.47. The van der Waals surface area contributed by atoms with Gasteiger partial charge in [0.1, 0.15) is 23.9 Å². The van der Waals surface area contributed by atoms with Crippen molar-refractivity contribution >= 4 is 11.0 Å². The molecule has 8 heteroatoms. The summed E-state index contributed by atoms with van der Waals surface area (Å²) in [6.07, 6.45) is -0.182. The smallest absolute Gasteiger partial charge is 0.182 e. The minimum atomic E-state index is -0.231. The van der Waals surface area contributed by atoms with E-state index in [0.29, 0.717) is 5.65 Å². The topological polar surface area (TPSA) is 89.6 Å². The average Bonchev–Trinajstić information content (AvgIpc) is 3.55. The summed E-state index contributed by atoms with van der Waals surface area (Å²) in [5.74, 6) is -0.0159. The summed E-state index contributed by atoms with van der Waals surface area (Å²) in [4.78, 5) is 7.09. The molecule has 0 amide bonds. The maximum Gasteiger partial charge on any atom is 0.182 e. The summed E-state index contributed by atoms with van der Waals surface area (Å²) >= 11 is 0. The number of nitrogens with zero attached hydrogens (tertiary/aromatic N) is 3. The zero-order chi connectivity index (χ0) is 22.5. The molecular weight excluding hydrogens is 421 g/mol. The summed E-state index contributed by atoms with van der Waals surface area (Å²) in [6, 6.07) is 15.9. The van der Waals surface area contributed by atoms with Crippen molar-refractivity contribution in [2.75, 3.05) is 19.6 Å². The van der Waals surface area contributed by atoms with Crippen molar-refractivity contribution in [1.29, 1.82) is 0 Å². The predicted octanol–water partition coefficient (Wildman–Crippen LogP) is 3.82. The Hall–Kier alpha value is -3.33. The van der Waals surface area contributed by atoms with Gasteiger partial charge in [-0.05, 0) is 60.5 Å². The van der Waals surface area contributed by atoms with Gasteiger partial charge in [-0.2, -0.15) is 5.10 Å². The Morgan fingerprint density at radius 2 is 1.91 bits per heavy atom. The average molecular weight is 445 g/mol. The number of pyridine rings is 1. The molecule has 3 N–H and O–H groups in total. The van der Waals surface area contributed by atoms with Crippen LogP contribution in [0.15, 0.2) is 54.6 Å². The van der Waals surface area contributed by atoms with Crippen LogP contribution in [-0.2, 0) is 4.74 Å². The molecule has 4 aromatic rings. The van der Waals surface area contributed by atoms with E-state index in [9.17, 15) is 9.50 Å². The molecule has 2 aliphatic rings. The van der Waals surface area contributed by atoms with Gasteiger partial charge in [0, 0.05) is 42.3 Å². The second kappa shape index (κ2) is 7.91. The summed E-state index contributed by atoms with van der Waals surface area (Å²) in [7, 11) is 0. The molecule has 0 saturated carbocycles. The molecule has 2 fully saturated rings. The van der Waals surface area contributed by atoms with E-state index in [1.165, 1.54) is 12.1 Å². The number of fused-ring (bicyclic) bond motifs is 1. The normalized spacial score (nSPS) is 23.2. The van der Waals surface area contributed by atoms with Crippen LogP contribution >= 0.6 is 0 Å². The maximum atomic E-state index is 13.5. The minimum Gasteiger partial charge on any atom is -0.508 e. The number of aryl methyl sites for hydroxylation is 1. The van der Waals surface area contributed by atoms with Crippen LogP contribution in [0, 0.1) is 12.7 Å². The number of epoxide rings is 1. The molecule has 2 aliphatic heterocycles. The highest BCUT2D eigenvalue weighted by atomic mass is 19.1. The van der Waals surface area contributed by atoms with Gasteiger partial charge in [0.25, 0.3) is 0 Å². The molecule has 0 radical (unpaired) electrons. The number of aromatic hydroxyl groups is 1. The fourth-order valence-corrected chi connectivity index (χ4v) is 4.82. The fourth-order valence-electron chi connectivity index (χ4n) is 4.82. The number of phenolic OH excluding ortho intramolecular Hbond substituents is 1. The van der Waals surface area contributed by atoms with Crippen LogP contribution in [0.1, 0.15) is 29.0 Å². The van der Waals surface area contributed by atoms with Crippen LogP contribution in [0.4, 0.5) is 4.39 Å². The van der Waals surface area contributed by atoms with Crippen LogP contribution in [-0.4, -0.2) is 51.0 Å². The predicted molar refractivity (Wildman–Crippen MR) is 122 cm³/mol. The molecule has 7 nitrogen and oxygen atoms in total. The van der Waals surface area contributed by atoms with E-state index >= 15 is 0 Å². The van der Waals surface area contributed by atoms with Crippen molar-refractivity contribution in [3.63, 3.8) is 0 Å². The number of hydrogen-bond donors (Lipinski definition) is 3. The van der Waals surface area contributed by atoms with E-state index in [1.54, 1.807) is 12.1 Å². The Labute approximate surface area is 190 Å². The Kier molecular flexibility index (Phi) is 4.86. The van der Waals surface area contributed by atoms with Crippen LogP contribution in [0.3, 0.4) is 0 Å². The number of ether oxygens (including phenoxy) is 1. The van der Waals surface area contributed by atoms with E-state index in [0.717, 1.165) is 53.1 Å². The zero-order valence-electron chi connectivity index (χ0n) is 18.1. The van der Waals surface area contributed by atoms with Crippen LogP contribution < -0.4 is 5.32 Å². The van der Waals surface area contributed by atoms with Gasteiger partial charge in [-0.25, -0.2) is 9.37 Å². The number of aromatic amines is 1. The standard InChI is InChI=1S/C25H24FN5O2/c1-14-22-19(12-20(28-24(22)30-29-14)15-4-8-18(32)9-5-15)23-25(33-23)31-11-10-27-13-21(31)16-2-6-17(26)7-3-16/h2-9,12,21,23,25,27,32H,10-11,13H2,1H3,(H,28,29,30). The molecule has 168 valence electrons. The van der Waals surface area contributed by atoms with E-state index in [4.69, 9.17) is 9.72 Å². The minimum absolute atomic E-state index is 0.0743. The van der Waals surface area contributed by atoms with Crippen molar-refractivity contribution in [2.24, 2.45) is 0 Å². The fraction of sp³-hybridized carbons (Fsp3) is 0.280. The van der Waals surface area contributed by atoms with E-state index in [-0.39, 0.29) is 29.9 Å². The Morgan fingerprint density at radius 3 is 2.70 bits per heavy atom. The van der Waals surface area contributed by atoms with Crippen molar-refractivity contribution < 1.29 is 14.2 Å². The molecule has 2 saturated heterocycles. The Balaban J connectivity index is 1.36. The summed E-state index contributed by atoms with van der Waals surface area (Å²) < 4.78 is 19.8. The van der Waals surface area contributed by atoms with E-state index in [1.807, 2.05) is 31.2 Å². The number of hydrogen-bond acceptors (Lipinski definition) is 6. The number of halogens is 1. The first-order valence-electron chi connectivity index (χ1n) is 11.1. The number of aromatic nitrogens is 3. The number of piperazine rings is 1. The molecule has 0 aliphatic carbocycles. The summed E-state index contributed by atoms with van der Waals surface area (Å²) in [5, 5.41) is 21.5. The van der Waals surface area contributed by atoms with Gasteiger partial charge in [-0.15, -0.1) is 0 Å². The lowest BCUT2D eigenvalue weighted by Crippen LogP contribution is -2.47. The lowest BCUT2D eigenvalue weighted by Gasteiger charge is -2.35. The van der Waals surface area contributed by atoms with E-state index < -0.39 is 0 Å². The van der Waals surface area contributed by atoms with Crippen LogP contribution in [0.2, 0.25) is 0 Å². The van der Waals surface area contributed by atoms with Gasteiger partial charge in [0.2, 0.25) is 0 Å².